The molecule has 2 N–H and O–H groups in total. The summed E-state index contributed by atoms with van der Waals surface area (Å²) in [5, 5.41) is 8.03. The summed E-state index contributed by atoms with van der Waals surface area (Å²) in [5.74, 6) is 2.12. The van der Waals surface area contributed by atoms with Gasteiger partial charge in [-0.15, -0.1) is 0 Å². The van der Waals surface area contributed by atoms with E-state index in [0.29, 0.717) is 11.5 Å². The van der Waals surface area contributed by atoms with E-state index in [1.54, 1.807) is 6.20 Å². The lowest BCUT2D eigenvalue weighted by Crippen LogP contribution is -2.29. The number of nitrogens with one attached hydrogen (secondary N) is 2. The van der Waals surface area contributed by atoms with Gasteiger partial charge in [0, 0.05) is 25.2 Å². The zero-order chi connectivity index (χ0) is 14.8. The maximum Gasteiger partial charge on any atom is 0.253 e. The molecule has 0 aliphatic heterocycles. The molecule has 4 nitrogen and oxygen atoms in total. The summed E-state index contributed by atoms with van der Waals surface area (Å²) in [6.45, 7) is 2.95. The molecule has 110 valence electrons. The van der Waals surface area contributed by atoms with Gasteiger partial charge >= 0.3 is 0 Å². The lowest BCUT2D eigenvalue weighted by molar-refractivity contribution is 0.0948. The van der Waals surface area contributed by atoms with Gasteiger partial charge in [-0.1, -0.05) is 31.2 Å². The van der Waals surface area contributed by atoms with Gasteiger partial charge in [-0.3, -0.25) is 4.79 Å². The van der Waals surface area contributed by atoms with Gasteiger partial charge in [-0.2, -0.15) is 0 Å². The normalized spacial score (nSPS) is 15.7. The van der Waals surface area contributed by atoms with Crippen molar-refractivity contribution < 1.29 is 4.79 Å². The molecule has 0 radical (unpaired) electrons. The summed E-state index contributed by atoms with van der Waals surface area (Å²) < 4.78 is 0. The highest BCUT2D eigenvalue weighted by Gasteiger charge is 2.28. The van der Waals surface area contributed by atoms with Crippen molar-refractivity contribution in [1.82, 2.24) is 10.3 Å². The third kappa shape index (κ3) is 2.84. The predicted octanol–water partition coefficient (Wildman–Crippen LogP) is 3.05. The fourth-order valence-corrected chi connectivity index (χ4v) is 2.75. The second-order valence-electron chi connectivity index (χ2n) is 5.84. The number of benzene rings is 1. The van der Waals surface area contributed by atoms with Crippen molar-refractivity contribution in [2.24, 2.45) is 11.8 Å². The average Bonchev–Trinajstić information content (AvgIpc) is 3.36. The minimum atomic E-state index is -0.0335. The van der Waals surface area contributed by atoms with Crippen LogP contribution in [-0.2, 0) is 0 Å². The first-order valence-corrected chi connectivity index (χ1v) is 7.54. The highest BCUT2D eigenvalue weighted by Crippen LogP contribution is 2.36. The summed E-state index contributed by atoms with van der Waals surface area (Å²) in [6.07, 6.45) is 4.27. The van der Waals surface area contributed by atoms with E-state index in [2.05, 4.69) is 22.5 Å². The van der Waals surface area contributed by atoms with E-state index in [1.807, 2.05) is 31.3 Å². The van der Waals surface area contributed by atoms with Gasteiger partial charge in [-0.25, -0.2) is 4.98 Å². The molecule has 1 saturated carbocycles. The van der Waals surface area contributed by atoms with Crippen LogP contribution < -0.4 is 10.6 Å². The van der Waals surface area contributed by atoms with Crippen LogP contribution in [0, 0.1) is 11.8 Å². The Bertz CT molecular complexity index is 664. The predicted molar refractivity (Wildman–Crippen MR) is 85.5 cm³/mol. The van der Waals surface area contributed by atoms with E-state index in [-0.39, 0.29) is 5.91 Å². The molecule has 1 heterocycles. The van der Waals surface area contributed by atoms with Crippen molar-refractivity contribution in [3.8, 4) is 0 Å². The molecule has 0 saturated heterocycles. The third-order valence-electron chi connectivity index (χ3n) is 4.29. The second kappa shape index (κ2) is 5.72. The van der Waals surface area contributed by atoms with Gasteiger partial charge in [0.15, 0.2) is 0 Å². The topological polar surface area (TPSA) is 54.0 Å². The van der Waals surface area contributed by atoms with Crippen LogP contribution in [0.5, 0.6) is 0 Å². The fraction of sp³-hybridized carbons (Fsp3) is 0.412. The molecule has 1 unspecified atom stereocenters. The van der Waals surface area contributed by atoms with Gasteiger partial charge < -0.3 is 10.6 Å². The van der Waals surface area contributed by atoms with E-state index < -0.39 is 0 Å². The van der Waals surface area contributed by atoms with Gasteiger partial charge in [0.1, 0.15) is 5.82 Å². The number of hydrogen-bond acceptors (Lipinski definition) is 3. The standard InChI is InChI=1S/C17H21N3O/c1-11(12-7-8-12)9-20-17(21)15-10-19-16(18-2)14-6-4-3-5-13(14)15/h3-6,10-12H,7-9H2,1-2H3,(H,18,19)(H,20,21). The van der Waals surface area contributed by atoms with Gasteiger partial charge in [0.2, 0.25) is 0 Å². The number of aromatic nitrogens is 1. The number of rotatable bonds is 5. The molecular formula is C17H21N3O. The van der Waals surface area contributed by atoms with Crippen molar-refractivity contribution in [3.63, 3.8) is 0 Å². The van der Waals surface area contributed by atoms with Crippen molar-refractivity contribution >= 4 is 22.5 Å². The maximum absolute atomic E-state index is 12.4. The molecule has 1 aliphatic rings. The molecular weight excluding hydrogens is 262 g/mol. The molecule has 4 heteroatoms. The van der Waals surface area contributed by atoms with E-state index >= 15 is 0 Å². The summed E-state index contributed by atoms with van der Waals surface area (Å²) in [4.78, 5) is 16.8. The lowest BCUT2D eigenvalue weighted by Gasteiger charge is -2.13. The van der Waals surface area contributed by atoms with Crippen LogP contribution in [0.25, 0.3) is 10.8 Å². The molecule has 1 aromatic heterocycles. The Balaban J connectivity index is 1.84. The van der Waals surface area contributed by atoms with Crippen LogP contribution in [0.2, 0.25) is 0 Å². The number of carbonyl (C=O) groups excluding carboxylic acids is 1. The SMILES string of the molecule is CNc1ncc(C(=O)NCC(C)C2CC2)c2ccccc12. The molecule has 1 fully saturated rings. The van der Waals surface area contributed by atoms with Gasteiger partial charge in [-0.05, 0) is 30.1 Å². The first kappa shape index (κ1) is 13.9. The Morgan fingerprint density at radius 2 is 2.05 bits per heavy atom. The second-order valence-corrected chi connectivity index (χ2v) is 5.84. The molecule has 0 spiro atoms. The molecule has 1 atom stereocenters. The Morgan fingerprint density at radius 1 is 1.33 bits per heavy atom. The molecule has 21 heavy (non-hydrogen) atoms. The molecule has 1 aliphatic carbocycles. The summed E-state index contributed by atoms with van der Waals surface area (Å²) in [7, 11) is 1.84. The van der Waals surface area contributed by atoms with Crippen molar-refractivity contribution in [2.75, 3.05) is 18.9 Å². The first-order chi connectivity index (χ1) is 10.2. The Morgan fingerprint density at radius 3 is 2.71 bits per heavy atom. The quantitative estimate of drug-likeness (QED) is 0.886. The highest BCUT2D eigenvalue weighted by atomic mass is 16.1. The molecule has 0 bridgehead atoms. The Kier molecular flexibility index (Phi) is 3.78. The third-order valence-corrected chi connectivity index (χ3v) is 4.29. The average molecular weight is 283 g/mol. The van der Waals surface area contributed by atoms with Gasteiger partial charge in [0.05, 0.1) is 5.56 Å². The van der Waals surface area contributed by atoms with Crippen LogP contribution in [0.4, 0.5) is 5.82 Å². The van der Waals surface area contributed by atoms with Crippen molar-refractivity contribution in [3.05, 3.63) is 36.0 Å². The number of carbonyl (C=O) groups is 1. The number of fused-ring (bicyclic) bond motifs is 1. The number of anilines is 1. The van der Waals surface area contributed by atoms with Crippen LogP contribution in [0.3, 0.4) is 0 Å². The van der Waals surface area contributed by atoms with Crippen LogP contribution in [-0.4, -0.2) is 24.5 Å². The minimum Gasteiger partial charge on any atom is -0.373 e. The van der Waals surface area contributed by atoms with E-state index in [4.69, 9.17) is 0 Å². The number of pyridine rings is 1. The molecule has 1 aromatic carbocycles. The van der Waals surface area contributed by atoms with Crippen LogP contribution in [0.1, 0.15) is 30.1 Å². The molecule has 1 amide bonds. The fourth-order valence-electron chi connectivity index (χ4n) is 2.75. The van der Waals surface area contributed by atoms with Gasteiger partial charge in [0.25, 0.3) is 5.91 Å². The molecule has 3 rings (SSSR count). The van der Waals surface area contributed by atoms with Crippen molar-refractivity contribution in [2.45, 2.75) is 19.8 Å². The Hall–Kier alpha value is -2.10. The lowest BCUT2D eigenvalue weighted by atomic mass is 10.0. The monoisotopic (exact) mass is 283 g/mol. The number of amides is 1. The summed E-state index contributed by atoms with van der Waals surface area (Å²) in [5.41, 5.74) is 0.646. The number of nitrogens with zero attached hydrogens (tertiary/aromatic N) is 1. The highest BCUT2D eigenvalue weighted by molar-refractivity contribution is 6.09. The number of hydrogen-bond donors (Lipinski definition) is 2. The minimum absolute atomic E-state index is 0.0335. The first-order valence-electron chi connectivity index (χ1n) is 7.54. The smallest absolute Gasteiger partial charge is 0.253 e. The summed E-state index contributed by atoms with van der Waals surface area (Å²) >= 11 is 0. The van der Waals surface area contributed by atoms with Crippen LogP contribution >= 0.6 is 0 Å². The maximum atomic E-state index is 12.4. The zero-order valence-electron chi connectivity index (χ0n) is 12.5. The largest absolute Gasteiger partial charge is 0.373 e. The van der Waals surface area contributed by atoms with Crippen LogP contribution in [0.15, 0.2) is 30.5 Å². The van der Waals surface area contributed by atoms with E-state index in [1.165, 1.54) is 12.8 Å². The van der Waals surface area contributed by atoms with E-state index in [9.17, 15) is 4.79 Å². The zero-order valence-corrected chi connectivity index (χ0v) is 12.5. The Labute approximate surface area is 125 Å². The summed E-state index contributed by atoms with van der Waals surface area (Å²) in [6, 6.07) is 7.86. The molecule has 2 aromatic rings. The van der Waals surface area contributed by atoms with E-state index in [0.717, 1.165) is 29.1 Å². The van der Waals surface area contributed by atoms with Crippen molar-refractivity contribution in [1.29, 1.82) is 0 Å².